The van der Waals surface area contributed by atoms with Gasteiger partial charge in [-0.1, -0.05) is 24.3 Å². The smallest absolute Gasteiger partial charge is 0.151 e. The van der Waals surface area contributed by atoms with E-state index in [0.29, 0.717) is 11.4 Å². The van der Waals surface area contributed by atoms with Gasteiger partial charge in [-0.25, -0.2) is 13.5 Å². The topological polar surface area (TPSA) is 43.8 Å². The number of rotatable bonds is 2. The van der Waals surface area contributed by atoms with Crippen molar-refractivity contribution in [1.82, 2.24) is 9.78 Å². The third-order valence-corrected chi connectivity index (χ3v) is 3.30. The molecule has 0 saturated heterocycles. The van der Waals surface area contributed by atoms with Crippen molar-refractivity contribution in [3.63, 3.8) is 0 Å². The van der Waals surface area contributed by atoms with Crippen molar-refractivity contribution >= 4 is 5.69 Å². The summed E-state index contributed by atoms with van der Waals surface area (Å²) in [6, 6.07) is 11.0. The van der Waals surface area contributed by atoms with Gasteiger partial charge in [0.1, 0.15) is 17.2 Å². The molecule has 0 unspecified atom stereocenters. The molecule has 3 nitrogen and oxygen atoms in total. The first kappa shape index (κ1) is 13.3. The highest BCUT2D eigenvalue weighted by atomic mass is 19.1. The van der Waals surface area contributed by atoms with Gasteiger partial charge in [-0.15, -0.1) is 0 Å². The van der Waals surface area contributed by atoms with Gasteiger partial charge in [0.05, 0.1) is 11.9 Å². The van der Waals surface area contributed by atoms with E-state index in [-0.39, 0.29) is 5.69 Å². The van der Waals surface area contributed by atoms with Crippen LogP contribution < -0.4 is 5.73 Å². The Labute approximate surface area is 120 Å². The number of nitrogens with two attached hydrogens (primary N) is 1. The molecule has 0 aliphatic rings. The summed E-state index contributed by atoms with van der Waals surface area (Å²) < 4.78 is 28.1. The minimum absolute atomic E-state index is 0.155. The molecule has 0 aliphatic heterocycles. The third kappa shape index (κ3) is 2.38. The van der Waals surface area contributed by atoms with Gasteiger partial charge >= 0.3 is 0 Å². The maximum Gasteiger partial charge on any atom is 0.151 e. The summed E-state index contributed by atoms with van der Waals surface area (Å²) in [6.07, 6.45) is 1.53. The van der Waals surface area contributed by atoms with Crippen molar-refractivity contribution < 1.29 is 8.78 Å². The molecule has 1 heterocycles. The lowest BCUT2D eigenvalue weighted by Gasteiger charge is -2.04. The lowest BCUT2D eigenvalue weighted by atomic mass is 10.1. The molecule has 0 radical (unpaired) electrons. The molecule has 0 spiro atoms. The Kier molecular flexibility index (Phi) is 3.17. The zero-order valence-corrected chi connectivity index (χ0v) is 11.3. The average molecular weight is 285 g/mol. The van der Waals surface area contributed by atoms with E-state index in [4.69, 9.17) is 5.73 Å². The van der Waals surface area contributed by atoms with Gasteiger partial charge in [-0.05, 0) is 24.6 Å². The third-order valence-electron chi connectivity index (χ3n) is 3.30. The second kappa shape index (κ2) is 5.01. The molecule has 1 aromatic heterocycles. The maximum atomic E-state index is 13.8. The van der Waals surface area contributed by atoms with Crippen LogP contribution in [-0.2, 0) is 0 Å². The average Bonchev–Trinajstić information content (AvgIpc) is 2.81. The minimum atomic E-state index is -0.686. The summed E-state index contributed by atoms with van der Waals surface area (Å²) in [7, 11) is 0. The predicted octanol–water partition coefficient (Wildman–Crippen LogP) is 3.71. The Hall–Kier alpha value is -2.69. The summed E-state index contributed by atoms with van der Waals surface area (Å²) >= 11 is 0. The number of aromatic nitrogens is 2. The molecular formula is C16H13F2N3. The Morgan fingerprint density at radius 1 is 1.10 bits per heavy atom. The standard InChI is InChI=1S/C16H13F2N3/c1-10-4-2-3-5-12(10)16-14(19)9-21(20-16)15-7-6-11(17)8-13(15)18/h2-9H,19H2,1H3. The van der Waals surface area contributed by atoms with E-state index in [0.717, 1.165) is 17.2 Å². The summed E-state index contributed by atoms with van der Waals surface area (Å²) in [4.78, 5) is 0. The van der Waals surface area contributed by atoms with Crippen LogP contribution in [0.1, 0.15) is 5.56 Å². The molecular weight excluding hydrogens is 272 g/mol. The van der Waals surface area contributed by atoms with E-state index in [1.54, 1.807) is 0 Å². The molecule has 0 amide bonds. The van der Waals surface area contributed by atoms with E-state index in [1.165, 1.54) is 23.0 Å². The molecule has 21 heavy (non-hydrogen) atoms. The van der Waals surface area contributed by atoms with Crippen LogP contribution in [0.15, 0.2) is 48.7 Å². The molecule has 5 heteroatoms. The normalized spacial score (nSPS) is 10.8. The fourth-order valence-electron chi connectivity index (χ4n) is 2.23. The maximum absolute atomic E-state index is 13.8. The van der Waals surface area contributed by atoms with E-state index >= 15 is 0 Å². The second-order valence-electron chi connectivity index (χ2n) is 4.79. The van der Waals surface area contributed by atoms with Crippen molar-refractivity contribution in [2.75, 3.05) is 5.73 Å². The molecule has 3 aromatic rings. The van der Waals surface area contributed by atoms with Crippen LogP contribution in [0.5, 0.6) is 0 Å². The van der Waals surface area contributed by atoms with Gasteiger partial charge in [0.2, 0.25) is 0 Å². The number of anilines is 1. The predicted molar refractivity (Wildman–Crippen MR) is 78.1 cm³/mol. The fraction of sp³-hybridized carbons (Fsp3) is 0.0625. The van der Waals surface area contributed by atoms with Gasteiger partial charge in [0.15, 0.2) is 5.82 Å². The van der Waals surface area contributed by atoms with Crippen LogP contribution in [0.25, 0.3) is 16.9 Å². The monoisotopic (exact) mass is 285 g/mol. The number of halogens is 2. The first-order chi connectivity index (χ1) is 10.1. The highest BCUT2D eigenvalue weighted by Gasteiger charge is 2.13. The Morgan fingerprint density at radius 2 is 1.86 bits per heavy atom. The number of hydrogen-bond donors (Lipinski definition) is 1. The molecule has 2 aromatic carbocycles. The summed E-state index contributed by atoms with van der Waals surface area (Å²) in [5, 5.41) is 4.33. The van der Waals surface area contributed by atoms with Crippen molar-refractivity contribution in [3.05, 3.63) is 65.9 Å². The largest absolute Gasteiger partial charge is 0.396 e. The van der Waals surface area contributed by atoms with Gasteiger partial charge in [0, 0.05) is 11.6 Å². The number of nitrogens with zero attached hydrogens (tertiary/aromatic N) is 2. The molecule has 0 aliphatic carbocycles. The van der Waals surface area contributed by atoms with Gasteiger partial charge in [0.25, 0.3) is 0 Å². The van der Waals surface area contributed by atoms with Crippen LogP contribution >= 0.6 is 0 Å². The first-order valence-corrected chi connectivity index (χ1v) is 6.43. The lowest BCUT2D eigenvalue weighted by molar-refractivity contribution is 0.574. The van der Waals surface area contributed by atoms with Crippen LogP contribution in [0, 0.1) is 18.6 Å². The quantitative estimate of drug-likeness (QED) is 0.780. The first-order valence-electron chi connectivity index (χ1n) is 6.43. The summed E-state index contributed by atoms with van der Waals surface area (Å²) in [6.45, 7) is 1.95. The Balaban J connectivity index is 2.12. The van der Waals surface area contributed by atoms with Crippen LogP contribution in [-0.4, -0.2) is 9.78 Å². The van der Waals surface area contributed by atoms with E-state index in [9.17, 15) is 8.78 Å². The lowest BCUT2D eigenvalue weighted by Crippen LogP contribution is -1.99. The molecule has 0 fully saturated rings. The Bertz CT molecular complexity index is 809. The molecule has 0 saturated carbocycles. The zero-order chi connectivity index (χ0) is 15.0. The number of nitrogen functional groups attached to an aromatic ring is 1. The van der Waals surface area contributed by atoms with Crippen molar-refractivity contribution in [1.29, 1.82) is 0 Å². The van der Waals surface area contributed by atoms with Crippen molar-refractivity contribution in [3.8, 4) is 16.9 Å². The molecule has 3 rings (SSSR count). The molecule has 0 atom stereocenters. The van der Waals surface area contributed by atoms with Gasteiger partial charge < -0.3 is 5.73 Å². The van der Waals surface area contributed by atoms with Crippen molar-refractivity contribution in [2.45, 2.75) is 6.92 Å². The van der Waals surface area contributed by atoms with E-state index in [1.807, 2.05) is 31.2 Å². The van der Waals surface area contributed by atoms with E-state index in [2.05, 4.69) is 5.10 Å². The Morgan fingerprint density at radius 3 is 2.57 bits per heavy atom. The minimum Gasteiger partial charge on any atom is -0.396 e. The summed E-state index contributed by atoms with van der Waals surface area (Å²) in [5.41, 5.74) is 9.06. The highest BCUT2D eigenvalue weighted by Crippen LogP contribution is 2.28. The molecule has 2 N–H and O–H groups in total. The fourth-order valence-corrected chi connectivity index (χ4v) is 2.23. The van der Waals surface area contributed by atoms with Crippen LogP contribution in [0.3, 0.4) is 0 Å². The van der Waals surface area contributed by atoms with Gasteiger partial charge in [-0.2, -0.15) is 5.10 Å². The molecule has 0 bridgehead atoms. The molecule has 106 valence electrons. The van der Waals surface area contributed by atoms with Gasteiger partial charge in [-0.3, -0.25) is 0 Å². The number of aryl methyl sites for hydroxylation is 1. The number of benzene rings is 2. The summed E-state index contributed by atoms with van der Waals surface area (Å²) in [5.74, 6) is -1.32. The SMILES string of the molecule is Cc1ccccc1-c1nn(-c2ccc(F)cc2F)cc1N. The van der Waals surface area contributed by atoms with Crippen molar-refractivity contribution in [2.24, 2.45) is 0 Å². The zero-order valence-electron chi connectivity index (χ0n) is 11.3. The highest BCUT2D eigenvalue weighted by molar-refractivity contribution is 5.74. The van der Waals surface area contributed by atoms with Crippen LogP contribution in [0.4, 0.5) is 14.5 Å². The second-order valence-corrected chi connectivity index (χ2v) is 4.79. The van der Waals surface area contributed by atoms with E-state index < -0.39 is 11.6 Å². The van der Waals surface area contributed by atoms with Crippen LogP contribution in [0.2, 0.25) is 0 Å². The number of hydrogen-bond acceptors (Lipinski definition) is 2.